The van der Waals surface area contributed by atoms with Crippen molar-refractivity contribution >= 4 is 11.9 Å². The Kier molecular flexibility index (Phi) is 11.2. The van der Waals surface area contributed by atoms with Crippen LogP contribution >= 0.6 is 0 Å². The van der Waals surface area contributed by atoms with Gasteiger partial charge in [-0.25, -0.2) is 4.79 Å². The Balaban J connectivity index is 4.93. The van der Waals surface area contributed by atoms with Crippen molar-refractivity contribution < 1.29 is 24.9 Å². The maximum atomic E-state index is 12.3. The average molecular weight is 366 g/mol. The van der Waals surface area contributed by atoms with Crippen molar-refractivity contribution in [1.82, 2.24) is 10.6 Å². The lowest BCUT2D eigenvalue weighted by molar-refractivity contribution is -0.142. The summed E-state index contributed by atoms with van der Waals surface area (Å²) in [7, 11) is 0. The number of carbonyl (C=O) groups is 2. The number of amides is 1. The first-order chi connectivity index (χ1) is 12.3. The molecule has 0 saturated carbocycles. The Bertz CT molecular complexity index is 646. The number of allylic oxidation sites excluding steroid dienone is 2. The molecular formula is C15H22N6O5+2. The van der Waals surface area contributed by atoms with Crippen LogP contribution in [0, 0.1) is 10.8 Å². The predicted molar refractivity (Wildman–Crippen MR) is 91.6 cm³/mol. The molecule has 0 bridgehead atoms. The van der Waals surface area contributed by atoms with E-state index in [2.05, 4.69) is 27.2 Å². The second-order valence-electron chi connectivity index (χ2n) is 5.20. The van der Waals surface area contributed by atoms with Crippen molar-refractivity contribution in [3.05, 3.63) is 46.5 Å². The third-order valence-electron chi connectivity index (χ3n) is 3.23. The molecular weight excluding hydrogens is 344 g/mol. The van der Waals surface area contributed by atoms with Crippen LogP contribution in [0.15, 0.2) is 36.6 Å². The first-order valence-corrected chi connectivity index (χ1v) is 7.67. The van der Waals surface area contributed by atoms with Crippen LogP contribution in [0.25, 0.3) is 9.95 Å². The highest BCUT2D eigenvalue weighted by atomic mass is 16.4. The molecule has 1 amide bonds. The molecule has 0 rings (SSSR count). The van der Waals surface area contributed by atoms with E-state index in [9.17, 15) is 24.9 Å². The summed E-state index contributed by atoms with van der Waals surface area (Å²) in [6.45, 7) is 3.78. The quantitative estimate of drug-likeness (QED) is 0.197. The van der Waals surface area contributed by atoms with E-state index in [1.54, 1.807) is 0 Å². The van der Waals surface area contributed by atoms with Gasteiger partial charge in [0.15, 0.2) is 21.5 Å². The largest absolute Gasteiger partial charge is 0.505 e. The summed E-state index contributed by atoms with van der Waals surface area (Å²) in [5.41, 5.74) is 0. The minimum absolute atomic E-state index is 0.0194. The lowest BCUT2D eigenvalue weighted by Crippen LogP contribution is -2.50. The summed E-state index contributed by atoms with van der Waals surface area (Å²) < 4.78 is 0. The van der Waals surface area contributed by atoms with Gasteiger partial charge in [0, 0.05) is 19.4 Å². The molecule has 26 heavy (non-hydrogen) atoms. The summed E-state index contributed by atoms with van der Waals surface area (Å²) >= 11 is 0. The van der Waals surface area contributed by atoms with Gasteiger partial charge in [0.2, 0.25) is 16.7 Å². The van der Waals surface area contributed by atoms with Crippen molar-refractivity contribution in [2.45, 2.75) is 37.8 Å². The second-order valence-corrected chi connectivity index (χ2v) is 5.20. The highest BCUT2D eigenvalue weighted by molar-refractivity contribution is 5.86. The molecule has 0 aliphatic heterocycles. The summed E-state index contributed by atoms with van der Waals surface area (Å²) in [5.74, 6) is -2.50. The van der Waals surface area contributed by atoms with Gasteiger partial charge in [0.1, 0.15) is 6.04 Å². The average Bonchev–Trinajstić information content (AvgIpc) is 2.58. The van der Waals surface area contributed by atoms with Crippen LogP contribution in [0.4, 0.5) is 0 Å². The highest BCUT2D eigenvalue weighted by Gasteiger charge is 2.25. The number of carboxylic acid groups (broad SMARTS) is 1. The number of nitrogens with one attached hydrogen (secondary N) is 2. The molecule has 11 heteroatoms. The van der Waals surface area contributed by atoms with E-state index >= 15 is 0 Å². The van der Waals surface area contributed by atoms with Crippen LogP contribution in [0.2, 0.25) is 0 Å². The SMILES string of the molecule is C=CCNC(CC/C(O)=C/[N+]#N)C(=O)NC(CC/C(O)=C/[N+]#N)C(=O)O. The van der Waals surface area contributed by atoms with Gasteiger partial charge in [-0.2, -0.15) is 0 Å². The van der Waals surface area contributed by atoms with Crippen LogP contribution in [0.3, 0.4) is 0 Å². The molecule has 140 valence electrons. The number of hydrogen-bond donors (Lipinski definition) is 5. The Morgan fingerprint density at radius 2 is 1.50 bits per heavy atom. The van der Waals surface area contributed by atoms with Crippen LogP contribution in [0.1, 0.15) is 25.7 Å². The Hall–Kier alpha value is -3.44. The van der Waals surface area contributed by atoms with Crippen LogP contribution < -0.4 is 10.6 Å². The number of carboxylic acids is 1. The van der Waals surface area contributed by atoms with E-state index < -0.39 is 24.0 Å². The molecule has 0 fully saturated rings. The fraction of sp³-hybridized carbons (Fsp3) is 0.467. The number of diazo groups is 2. The van der Waals surface area contributed by atoms with E-state index in [0.29, 0.717) is 0 Å². The summed E-state index contributed by atoms with van der Waals surface area (Å²) in [4.78, 5) is 28.9. The van der Waals surface area contributed by atoms with Gasteiger partial charge in [-0.05, 0) is 12.8 Å². The number of nitrogens with zero attached hydrogens (tertiary/aromatic N) is 4. The van der Waals surface area contributed by atoms with Gasteiger partial charge in [-0.15, -0.1) is 6.58 Å². The fourth-order valence-electron chi connectivity index (χ4n) is 1.93. The zero-order valence-corrected chi connectivity index (χ0v) is 14.1. The van der Waals surface area contributed by atoms with Crippen molar-refractivity contribution in [2.75, 3.05) is 6.54 Å². The molecule has 0 aromatic heterocycles. The number of aliphatic hydroxyl groups is 2. The number of rotatable bonds is 12. The maximum Gasteiger partial charge on any atom is 0.387 e. The summed E-state index contributed by atoms with van der Waals surface area (Å²) in [5, 5.41) is 49.8. The highest BCUT2D eigenvalue weighted by Crippen LogP contribution is 2.09. The molecule has 2 atom stereocenters. The van der Waals surface area contributed by atoms with Gasteiger partial charge < -0.3 is 26.0 Å². The molecule has 0 aliphatic rings. The van der Waals surface area contributed by atoms with Crippen LogP contribution in [-0.2, 0) is 9.59 Å². The van der Waals surface area contributed by atoms with Crippen molar-refractivity contribution in [3.8, 4) is 0 Å². The number of aliphatic carboxylic acids is 1. The van der Waals surface area contributed by atoms with Gasteiger partial charge in [-0.1, -0.05) is 6.08 Å². The monoisotopic (exact) mass is 366 g/mol. The zero-order valence-electron chi connectivity index (χ0n) is 14.1. The van der Waals surface area contributed by atoms with Crippen molar-refractivity contribution in [3.63, 3.8) is 0 Å². The fourth-order valence-corrected chi connectivity index (χ4v) is 1.93. The van der Waals surface area contributed by atoms with Gasteiger partial charge >= 0.3 is 18.4 Å². The molecule has 0 aromatic carbocycles. The normalized spacial score (nSPS) is 13.8. The van der Waals surface area contributed by atoms with Gasteiger partial charge in [0.05, 0.1) is 6.04 Å². The topological polar surface area (TPSA) is 175 Å². The van der Waals surface area contributed by atoms with E-state index in [4.69, 9.17) is 10.8 Å². The molecule has 0 saturated heterocycles. The zero-order chi connectivity index (χ0) is 19.9. The van der Waals surface area contributed by atoms with Crippen LogP contribution in [0.5, 0.6) is 0 Å². The smallest absolute Gasteiger partial charge is 0.387 e. The maximum absolute atomic E-state index is 12.3. The van der Waals surface area contributed by atoms with E-state index in [1.807, 2.05) is 0 Å². The Labute approximate surface area is 150 Å². The number of carbonyl (C=O) groups excluding carboxylic acids is 1. The minimum atomic E-state index is -1.30. The Morgan fingerprint density at radius 1 is 1.00 bits per heavy atom. The predicted octanol–water partition coefficient (Wildman–Crippen LogP) is 1.77. The van der Waals surface area contributed by atoms with E-state index in [1.165, 1.54) is 6.08 Å². The molecule has 0 spiro atoms. The van der Waals surface area contributed by atoms with E-state index in [-0.39, 0.29) is 43.7 Å². The third kappa shape index (κ3) is 9.64. The molecule has 0 aliphatic carbocycles. The molecule has 0 radical (unpaired) electrons. The lowest BCUT2D eigenvalue weighted by Gasteiger charge is -2.20. The summed E-state index contributed by atoms with van der Waals surface area (Å²) in [6.07, 6.45) is 2.98. The summed E-state index contributed by atoms with van der Waals surface area (Å²) in [6, 6.07) is -2.11. The van der Waals surface area contributed by atoms with Gasteiger partial charge in [0.25, 0.3) is 0 Å². The van der Waals surface area contributed by atoms with Crippen molar-refractivity contribution in [2.24, 2.45) is 0 Å². The minimum Gasteiger partial charge on any atom is -0.505 e. The lowest BCUT2D eigenvalue weighted by atomic mass is 10.1. The number of hydrogen-bond acceptors (Lipinski definition) is 7. The number of aliphatic hydroxyl groups excluding tert-OH is 2. The van der Waals surface area contributed by atoms with Crippen LogP contribution in [-0.4, -0.2) is 45.8 Å². The molecule has 0 heterocycles. The first kappa shape index (κ1) is 22.6. The van der Waals surface area contributed by atoms with Gasteiger partial charge in [-0.3, -0.25) is 4.79 Å². The molecule has 0 aromatic rings. The first-order valence-electron chi connectivity index (χ1n) is 7.67. The molecule has 5 N–H and O–H groups in total. The van der Waals surface area contributed by atoms with Crippen molar-refractivity contribution in [1.29, 1.82) is 10.8 Å². The van der Waals surface area contributed by atoms with E-state index in [0.717, 1.165) is 12.4 Å². The Morgan fingerprint density at radius 3 is 1.92 bits per heavy atom. The second kappa shape index (κ2) is 12.9. The standard InChI is InChI=1S/C15H20N6O5/c1-2-7-18-12(5-3-10(22)8-19-16)14(24)21-13(15(25)26)6-4-11(23)9-20-17/h2,8-9,12-13,18H,1,3-7H2,(H2-2,21,22,23,24,25,26)/p+2/b10-8-,11-9-. The molecule has 11 nitrogen and oxygen atoms in total. The molecule has 2 unspecified atom stereocenters. The third-order valence-corrected chi connectivity index (χ3v) is 3.23.